The summed E-state index contributed by atoms with van der Waals surface area (Å²) >= 11 is 6.13. The van der Waals surface area contributed by atoms with Crippen LogP contribution in [0.15, 0.2) is 48.5 Å². The summed E-state index contributed by atoms with van der Waals surface area (Å²) < 4.78 is 4.93. The molecule has 0 fully saturated rings. The molecular formula is C15H13ClO2. The third kappa shape index (κ3) is 3.11. The summed E-state index contributed by atoms with van der Waals surface area (Å²) in [5, 5.41) is 0.727. The van der Waals surface area contributed by atoms with Crippen LogP contribution in [0.1, 0.15) is 12.5 Å². The van der Waals surface area contributed by atoms with Crippen molar-refractivity contribution in [2.45, 2.75) is 13.5 Å². The number of ether oxygens (including phenoxy) is 1. The maximum Gasteiger partial charge on any atom is 0.302 e. The number of hydrogen-bond donors (Lipinski definition) is 0. The fraction of sp³-hybridized carbons (Fsp3) is 0.133. The second kappa shape index (κ2) is 5.69. The number of hydrogen-bond acceptors (Lipinski definition) is 2. The first-order valence-corrected chi connectivity index (χ1v) is 6.02. The lowest BCUT2D eigenvalue weighted by molar-refractivity contribution is -0.142. The van der Waals surface area contributed by atoms with Gasteiger partial charge in [-0.25, -0.2) is 0 Å². The second-order valence-electron chi connectivity index (χ2n) is 3.96. The van der Waals surface area contributed by atoms with Crippen LogP contribution < -0.4 is 0 Å². The Morgan fingerprint density at radius 2 is 1.78 bits per heavy atom. The normalized spacial score (nSPS) is 10.1. The molecule has 2 rings (SSSR count). The van der Waals surface area contributed by atoms with Crippen molar-refractivity contribution < 1.29 is 9.53 Å². The van der Waals surface area contributed by atoms with Crippen molar-refractivity contribution >= 4 is 17.6 Å². The summed E-state index contributed by atoms with van der Waals surface area (Å²) in [6.07, 6.45) is 0. The minimum atomic E-state index is -0.273. The Labute approximate surface area is 111 Å². The molecule has 2 aromatic rings. The number of rotatable bonds is 3. The average molecular weight is 261 g/mol. The largest absolute Gasteiger partial charge is 0.461 e. The standard InChI is InChI=1S/C15H13ClO2/c1-11(17)18-10-12-6-8-13(9-7-12)14-4-2-3-5-15(14)16/h2-9H,10H2,1H3. The topological polar surface area (TPSA) is 26.3 Å². The summed E-state index contributed by atoms with van der Waals surface area (Å²) in [7, 11) is 0. The van der Waals surface area contributed by atoms with Gasteiger partial charge >= 0.3 is 5.97 Å². The summed E-state index contributed by atoms with van der Waals surface area (Å²) in [5.74, 6) is -0.273. The monoisotopic (exact) mass is 260 g/mol. The minimum absolute atomic E-state index is 0.273. The summed E-state index contributed by atoms with van der Waals surface area (Å²) in [6.45, 7) is 1.70. The second-order valence-corrected chi connectivity index (χ2v) is 4.36. The predicted octanol–water partition coefficient (Wildman–Crippen LogP) is 4.07. The molecule has 92 valence electrons. The number of carbonyl (C=O) groups is 1. The van der Waals surface area contributed by atoms with Crippen LogP contribution in [0, 0.1) is 0 Å². The molecule has 0 aliphatic carbocycles. The molecule has 0 saturated carbocycles. The fourth-order valence-corrected chi connectivity index (χ4v) is 1.91. The van der Waals surface area contributed by atoms with Gasteiger partial charge in [0.1, 0.15) is 6.61 Å². The van der Waals surface area contributed by atoms with Crippen LogP contribution in [0.2, 0.25) is 5.02 Å². The molecule has 0 aliphatic rings. The highest BCUT2D eigenvalue weighted by atomic mass is 35.5. The van der Waals surface area contributed by atoms with Crippen molar-refractivity contribution in [3.63, 3.8) is 0 Å². The average Bonchev–Trinajstić information content (AvgIpc) is 2.38. The third-order valence-corrected chi connectivity index (χ3v) is 2.91. The van der Waals surface area contributed by atoms with Crippen molar-refractivity contribution in [1.29, 1.82) is 0 Å². The molecule has 0 spiro atoms. The van der Waals surface area contributed by atoms with E-state index in [1.54, 1.807) is 0 Å². The van der Waals surface area contributed by atoms with Gasteiger partial charge in [-0.05, 0) is 17.2 Å². The smallest absolute Gasteiger partial charge is 0.302 e. The summed E-state index contributed by atoms with van der Waals surface area (Å²) in [6, 6.07) is 15.5. The molecule has 2 aromatic carbocycles. The van der Waals surface area contributed by atoms with Gasteiger partial charge in [0.15, 0.2) is 0 Å². The van der Waals surface area contributed by atoms with Crippen LogP contribution >= 0.6 is 11.6 Å². The van der Waals surface area contributed by atoms with E-state index >= 15 is 0 Å². The van der Waals surface area contributed by atoms with Gasteiger partial charge in [-0.3, -0.25) is 4.79 Å². The Kier molecular flexibility index (Phi) is 4.00. The van der Waals surface area contributed by atoms with E-state index in [9.17, 15) is 4.79 Å². The fourth-order valence-electron chi connectivity index (χ4n) is 1.66. The van der Waals surface area contributed by atoms with E-state index in [0.29, 0.717) is 6.61 Å². The van der Waals surface area contributed by atoms with E-state index in [2.05, 4.69) is 0 Å². The van der Waals surface area contributed by atoms with Gasteiger partial charge in [0.2, 0.25) is 0 Å². The van der Waals surface area contributed by atoms with E-state index in [1.165, 1.54) is 6.92 Å². The van der Waals surface area contributed by atoms with Crippen molar-refractivity contribution in [2.75, 3.05) is 0 Å². The highest BCUT2D eigenvalue weighted by molar-refractivity contribution is 6.33. The molecule has 0 aromatic heterocycles. The molecule has 3 heteroatoms. The van der Waals surface area contributed by atoms with E-state index < -0.39 is 0 Å². The molecule has 0 radical (unpaired) electrons. The van der Waals surface area contributed by atoms with Crippen LogP contribution in [0.25, 0.3) is 11.1 Å². The Morgan fingerprint density at radius 3 is 2.39 bits per heavy atom. The van der Waals surface area contributed by atoms with Crippen molar-refractivity contribution in [3.05, 3.63) is 59.1 Å². The summed E-state index contributed by atoms with van der Waals surface area (Å²) in [5.41, 5.74) is 3.01. The van der Waals surface area contributed by atoms with Gasteiger partial charge < -0.3 is 4.74 Å². The number of benzene rings is 2. The Bertz CT molecular complexity index is 547. The Morgan fingerprint density at radius 1 is 1.11 bits per heavy atom. The maximum absolute atomic E-state index is 10.7. The molecule has 0 aliphatic heterocycles. The molecule has 0 unspecified atom stereocenters. The minimum Gasteiger partial charge on any atom is -0.461 e. The zero-order valence-corrected chi connectivity index (χ0v) is 10.8. The van der Waals surface area contributed by atoms with Crippen molar-refractivity contribution in [2.24, 2.45) is 0 Å². The van der Waals surface area contributed by atoms with Gasteiger partial charge in [-0.15, -0.1) is 0 Å². The van der Waals surface area contributed by atoms with E-state index in [1.807, 2.05) is 48.5 Å². The molecule has 2 nitrogen and oxygen atoms in total. The highest BCUT2D eigenvalue weighted by Crippen LogP contribution is 2.27. The van der Waals surface area contributed by atoms with Crippen LogP contribution in [-0.4, -0.2) is 5.97 Å². The van der Waals surface area contributed by atoms with Crippen LogP contribution in [0.3, 0.4) is 0 Å². The highest BCUT2D eigenvalue weighted by Gasteiger charge is 2.02. The SMILES string of the molecule is CC(=O)OCc1ccc(-c2ccccc2Cl)cc1. The molecule has 0 N–H and O–H groups in total. The van der Waals surface area contributed by atoms with Crippen LogP contribution in [0.5, 0.6) is 0 Å². The van der Waals surface area contributed by atoms with Crippen molar-refractivity contribution in [1.82, 2.24) is 0 Å². The molecule has 0 saturated heterocycles. The van der Waals surface area contributed by atoms with Gasteiger partial charge in [0.25, 0.3) is 0 Å². The molecule has 0 atom stereocenters. The lowest BCUT2D eigenvalue weighted by atomic mass is 10.0. The Balaban J connectivity index is 2.17. The van der Waals surface area contributed by atoms with Crippen LogP contribution in [-0.2, 0) is 16.1 Å². The van der Waals surface area contributed by atoms with E-state index in [0.717, 1.165) is 21.7 Å². The number of halogens is 1. The van der Waals surface area contributed by atoms with E-state index in [-0.39, 0.29) is 5.97 Å². The molecular weight excluding hydrogens is 248 g/mol. The molecule has 18 heavy (non-hydrogen) atoms. The van der Waals surface area contributed by atoms with Gasteiger partial charge in [0.05, 0.1) is 0 Å². The number of carbonyl (C=O) groups excluding carboxylic acids is 1. The molecule has 0 bridgehead atoms. The predicted molar refractivity (Wildman–Crippen MR) is 72.4 cm³/mol. The summed E-state index contributed by atoms with van der Waals surface area (Å²) in [4.78, 5) is 10.7. The van der Waals surface area contributed by atoms with Crippen LogP contribution in [0.4, 0.5) is 0 Å². The van der Waals surface area contributed by atoms with Crippen molar-refractivity contribution in [3.8, 4) is 11.1 Å². The Hall–Kier alpha value is -1.80. The quantitative estimate of drug-likeness (QED) is 0.778. The third-order valence-electron chi connectivity index (χ3n) is 2.58. The zero-order chi connectivity index (χ0) is 13.0. The molecule has 0 amide bonds. The first-order valence-electron chi connectivity index (χ1n) is 5.64. The lowest BCUT2D eigenvalue weighted by Crippen LogP contribution is -1.98. The van der Waals surface area contributed by atoms with E-state index in [4.69, 9.17) is 16.3 Å². The van der Waals surface area contributed by atoms with Gasteiger partial charge in [-0.1, -0.05) is 54.1 Å². The lowest BCUT2D eigenvalue weighted by Gasteiger charge is -2.06. The molecule has 0 heterocycles. The maximum atomic E-state index is 10.7. The van der Waals surface area contributed by atoms with Gasteiger partial charge in [-0.2, -0.15) is 0 Å². The zero-order valence-electron chi connectivity index (χ0n) is 10.0. The van der Waals surface area contributed by atoms with Gasteiger partial charge in [0, 0.05) is 17.5 Å². The number of esters is 1. The first-order chi connectivity index (χ1) is 8.66. The first kappa shape index (κ1) is 12.7.